The third-order valence-corrected chi connectivity index (χ3v) is 3.61. The van der Waals surface area contributed by atoms with Crippen molar-refractivity contribution in [2.45, 2.75) is 6.61 Å². The summed E-state index contributed by atoms with van der Waals surface area (Å²) < 4.78 is 6.98. The summed E-state index contributed by atoms with van der Waals surface area (Å²) in [5, 5.41) is 1.14. The molecule has 3 aromatic rings. The smallest absolute Gasteiger partial charge is 0.119 e. The van der Waals surface area contributed by atoms with Gasteiger partial charge in [0.2, 0.25) is 0 Å². The fourth-order valence-corrected chi connectivity index (χ4v) is 2.27. The number of benzene rings is 2. The summed E-state index contributed by atoms with van der Waals surface area (Å²) in [6.45, 7) is 0.575. The molecule has 3 rings (SSSR count). The molecule has 0 saturated heterocycles. The van der Waals surface area contributed by atoms with E-state index < -0.39 is 0 Å². The van der Waals surface area contributed by atoms with Crippen molar-refractivity contribution in [1.82, 2.24) is 4.98 Å². The highest BCUT2D eigenvalue weighted by Crippen LogP contribution is 2.17. The first-order chi connectivity index (χ1) is 9.31. The van der Waals surface area contributed by atoms with E-state index in [-0.39, 0.29) is 0 Å². The Bertz CT molecular complexity index is 694. The molecule has 0 fully saturated rings. The second kappa shape index (κ2) is 5.57. The molecule has 0 saturated carbocycles. The van der Waals surface area contributed by atoms with Crippen molar-refractivity contribution >= 4 is 33.5 Å². The molecule has 0 atom stereocenters. The first-order valence-electron chi connectivity index (χ1n) is 6.03. The van der Waals surface area contributed by atoms with Gasteiger partial charge in [0.25, 0.3) is 0 Å². The Morgan fingerprint density at radius 2 is 1.84 bits per heavy atom. The minimum atomic E-state index is 0.575. The summed E-state index contributed by atoms with van der Waals surface area (Å²) in [7, 11) is 0. The van der Waals surface area contributed by atoms with Gasteiger partial charge in [0, 0.05) is 15.2 Å². The van der Waals surface area contributed by atoms with Crippen LogP contribution in [0.5, 0.6) is 5.75 Å². The molecule has 1 heterocycles. The van der Waals surface area contributed by atoms with Crippen LogP contribution < -0.4 is 4.74 Å². The zero-order valence-corrected chi connectivity index (χ0v) is 12.4. The van der Waals surface area contributed by atoms with E-state index in [9.17, 15) is 0 Å². The second-order valence-corrected chi connectivity index (χ2v) is 5.52. The summed E-state index contributed by atoms with van der Waals surface area (Å²) in [6, 6.07) is 18.3. The Morgan fingerprint density at radius 3 is 2.68 bits per heavy atom. The van der Waals surface area contributed by atoms with E-state index in [1.165, 1.54) is 3.57 Å². The molecule has 0 bridgehead atoms. The highest BCUT2D eigenvalue weighted by molar-refractivity contribution is 14.1. The molecule has 2 aromatic carbocycles. The van der Waals surface area contributed by atoms with Gasteiger partial charge in [-0.3, -0.25) is 4.98 Å². The number of rotatable bonds is 3. The number of halogens is 1. The SMILES string of the molecule is Ic1ccc(OCc2ccc3ncccc3c2)cc1. The zero-order valence-electron chi connectivity index (χ0n) is 10.2. The number of nitrogens with zero attached hydrogens (tertiary/aromatic N) is 1. The van der Waals surface area contributed by atoms with Crippen molar-refractivity contribution in [3.8, 4) is 5.75 Å². The van der Waals surface area contributed by atoms with Crippen LogP contribution in [0.4, 0.5) is 0 Å². The molecule has 2 nitrogen and oxygen atoms in total. The first kappa shape index (κ1) is 12.4. The van der Waals surface area contributed by atoms with Crippen LogP contribution in [0.1, 0.15) is 5.56 Å². The minimum absolute atomic E-state index is 0.575. The summed E-state index contributed by atoms with van der Waals surface area (Å²) in [6.07, 6.45) is 1.81. The third-order valence-electron chi connectivity index (χ3n) is 2.89. The summed E-state index contributed by atoms with van der Waals surface area (Å²) in [4.78, 5) is 4.31. The molecule has 0 spiro atoms. The quantitative estimate of drug-likeness (QED) is 0.645. The Labute approximate surface area is 125 Å². The van der Waals surface area contributed by atoms with Crippen LogP contribution in [0.3, 0.4) is 0 Å². The fourth-order valence-electron chi connectivity index (χ4n) is 1.91. The Kier molecular flexibility index (Phi) is 3.64. The van der Waals surface area contributed by atoms with E-state index in [1.54, 1.807) is 0 Å². The van der Waals surface area contributed by atoms with Gasteiger partial charge >= 0.3 is 0 Å². The maximum absolute atomic E-state index is 5.77. The second-order valence-electron chi connectivity index (χ2n) is 4.27. The van der Waals surface area contributed by atoms with Gasteiger partial charge in [-0.05, 0) is 70.6 Å². The van der Waals surface area contributed by atoms with Crippen molar-refractivity contribution in [1.29, 1.82) is 0 Å². The molecule has 0 amide bonds. The summed E-state index contributed by atoms with van der Waals surface area (Å²) >= 11 is 2.28. The van der Waals surface area contributed by atoms with Crippen LogP contribution in [-0.4, -0.2) is 4.98 Å². The Balaban J connectivity index is 1.76. The molecule has 19 heavy (non-hydrogen) atoms. The molecule has 1 aromatic heterocycles. The molecule has 0 aliphatic carbocycles. The van der Waals surface area contributed by atoms with Crippen LogP contribution in [-0.2, 0) is 6.61 Å². The lowest BCUT2D eigenvalue weighted by Gasteiger charge is -2.07. The maximum atomic E-state index is 5.77. The first-order valence-corrected chi connectivity index (χ1v) is 7.11. The van der Waals surface area contributed by atoms with E-state index in [1.807, 2.05) is 42.6 Å². The van der Waals surface area contributed by atoms with Gasteiger partial charge in [-0.15, -0.1) is 0 Å². The van der Waals surface area contributed by atoms with E-state index in [2.05, 4.69) is 45.8 Å². The lowest BCUT2D eigenvalue weighted by atomic mass is 10.1. The van der Waals surface area contributed by atoms with Crippen LogP contribution >= 0.6 is 22.6 Å². The molecule has 94 valence electrons. The number of hydrogen-bond acceptors (Lipinski definition) is 2. The summed E-state index contributed by atoms with van der Waals surface area (Å²) in [5.74, 6) is 0.895. The molecular formula is C16H12INO. The van der Waals surface area contributed by atoms with Gasteiger partial charge in [0.1, 0.15) is 12.4 Å². The third kappa shape index (κ3) is 3.04. The van der Waals surface area contributed by atoms with E-state index in [0.29, 0.717) is 6.61 Å². The normalized spacial score (nSPS) is 10.6. The van der Waals surface area contributed by atoms with E-state index in [0.717, 1.165) is 22.2 Å². The zero-order chi connectivity index (χ0) is 13.1. The number of aromatic nitrogens is 1. The van der Waals surface area contributed by atoms with Crippen molar-refractivity contribution in [2.75, 3.05) is 0 Å². The van der Waals surface area contributed by atoms with Crippen LogP contribution in [0.25, 0.3) is 10.9 Å². The van der Waals surface area contributed by atoms with Crippen LogP contribution in [0.2, 0.25) is 0 Å². The Hall–Kier alpha value is -1.62. The molecule has 0 aliphatic rings. The van der Waals surface area contributed by atoms with Gasteiger partial charge in [-0.25, -0.2) is 0 Å². The maximum Gasteiger partial charge on any atom is 0.119 e. The van der Waals surface area contributed by atoms with Gasteiger partial charge < -0.3 is 4.74 Å². The summed E-state index contributed by atoms with van der Waals surface area (Å²) in [5.41, 5.74) is 2.17. The van der Waals surface area contributed by atoms with E-state index >= 15 is 0 Å². The predicted molar refractivity (Wildman–Crippen MR) is 85.2 cm³/mol. The van der Waals surface area contributed by atoms with Crippen LogP contribution in [0.15, 0.2) is 60.8 Å². The monoisotopic (exact) mass is 361 g/mol. The highest BCUT2D eigenvalue weighted by atomic mass is 127. The van der Waals surface area contributed by atoms with Gasteiger partial charge in [0.05, 0.1) is 5.52 Å². The number of pyridine rings is 1. The molecule has 0 unspecified atom stereocenters. The van der Waals surface area contributed by atoms with Crippen molar-refractivity contribution in [3.05, 3.63) is 69.9 Å². The number of fused-ring (bicyclic) bond motifs is 1. The van der Waals surface area contributed by atoms with E-state index in [4.69, 9.17) is 4.74 Å². The highest BCUT2D eigenvalue weighted by Gasteiger charge is 1.99. The minimum Gasteiger partial charge on any atom is -0.489 e. The van der Waals surface area contributed by atoms with Gasteiger partial charge in [0.15, 0.2) is 0 Å². The standard InChI is InChI=1S/C16H12INO/c17-14-4-6-15(7-5-14)19-11-12-3-8-16-13(10-12)2-1-9-18-16/h1-10H,11H2. The lowest BCUT2D eigenvalue weighted by molar-refractivity contribution is 0.306. The average molecular weight is 361 g/mol. The number of hydrogen-bond donors (Lipinski definition) is 0. The van der Waals surface area contributed by atoms with Crippen molar-refractivity contribution < 1.29 is 4.74 Å². The lowest BCUT2D eigenvalue weighted by Crippen LogP contribution is -1.95. The number of ether oxygens (including phenoxy) is 1. The van der Waals surface area contributed by atoms with Crippen LogP contribution in [0, 0.1) is 3.57 Å². The fraction of sp³-hybridized carbons (Fsp3) is 0.0625. The molecule has 0 aliphatic heterocycles. The largest absolute Gasteiger partial charge is 0.489 e. The van der Waals surface area contributed by atoms with Crippen molar-refractivity contribution in [3.63, 3.8) is 0 Å². The average Bonchev–Trinajstić information content (AvgIpc) is 2.46. The molecule has 0 radical (unpaired) electrons. The molecule has 0 N–H and O–H groups in total. The topological polar surface area (TPSA) is 22.1 Å². The Morgan fingerprint density at radius 1 is 1.00 bits per heavy atom. The molecule has 3 heteroatoms. The molecular weight excluding hydrogens is 349 g/mol. The predicted octanol–water partition coefficient (Wildman–Crippen LogP) is 4.42. The van der Waals surface area contributed by atoms with Crippen molar-refractivity contribution in [2.24, 2.45) is 0 Å². The van der Waals surface area contributed by atoms with Gasteiger partial charge in [-0.1, -0.05) is 12.1 Å². The van der Waals surface area contributed by atoms with Gasteiger partial charge in [-0.2, -0.15) is 0 Å².